The van der Waals surface area contributed by atoms with Crippen LogP contribution in [-0.4, -0.2) is 35.4 Å². The Morgan fingerprint density at radius 1 is 0.870 bits per heavy atom. The highest BCUT2D eigenvalue weighted by Crippen LogP contribution is 2.49. The highest BCUT2D eigenvalue weighted by Gasteiger charge is 2.34. The molecule has 3 heterocycles. The van der Waals surface area contributed by atoms with Gasteiger partial charge in [-0.1, -0.05) is 71.7 Å². The minimum absolute atomic E-state index is 0.0883. The topological polar surface area (TPSA) is 93.2 Å². The third-order valence-electron chi connectivity index (χ3n) is 9.19. The molecule has 46 heavy (non-hydrogen) atoms. The number of fused-ring (bicyclic) bond motifs is 8. The normalized spacial score (nSPS) is 14.1. The summed E-state index contributed by atoms with van der Waals surface area (Å²) in [4.78, 5) is 15.1. The Hall–Kier alpha value is -4.66. The fourth-order valence-electron chi connectivity index (χ4n) is 7.09. The second-order valence-corrected chi connectivity index (χ2v) is 12.7. The molecule has 3 N–H and O–H groups in total. The monoisotopic (exact) mass is 649 g/mol. The number of halogens is 2. The van der Waals surface area contributed by atoms with Gasteiger partial charge in [0.1, 0.15) is 18.5 Å². The quantitative estimate of drug-likeness (QED) is 0.162. The van der Waals surface area contributed by atoms with E-state index < -0.39 is 12.3 Å². The molecule has 0 atom stereocenters. The molecule has 0 fully saturated rings. The van der Waals surface area contributed by atoms with Crippen LogP contribution >= 0.6 is 23.2 Å². The van der Waals surface area contributed by atoms with Crippen molar-refractivity contribution < 1.29 is 24.9 Å². The second-order valence-electron chi connectivity index (χ2n) is 11.9. The van der Waals surface area contributed by atoms with Gasteiger partial charge in [0.2, 0.25) is 5.36 Å². The maximum absolute atomic E-state index is 12.9. The number of hydrogen-bond donors (Lipinski definition) is 3. The van der Waals surface area contributed by atoms with Crippen LogP contribution in [0.1, 0.15) is 44.5 Å². The van der Waals surface area contributed by atoms with Crippen LogP contribution in [0.3, 0.4) is 0 Å². The Labute approximate surface area is 274 Å². The Kier molecular flexibility index (Phi) is 6.53. The van der Waals surface area contributed by atoms with Crippen molar-refractivity contribution in [1.82, 2.24) is 4.58 Å². The van der Waals surface area contributed by atoms with Gasteiger partial charge in [0, 0.05) is 64.0 Å². The number of carbonyl (C=O) groups is 1. The summed E-state index contributed by atoms with van der Waals surface area (Å²) < 4.78 is 8.84. The molecule has 0 bridgehead atoms. The summed E-state index contributed by atoms with van der Waals surface area (Å²) in [6.45, 7) is 1.43. The van der Waals surface area contributed by atoms with E-state index in [0.717, 1.165) is 44.4 Å². The zero-order valence-electron chi connectivity index (χ0n) is 24.8. The van der Waals surface area contributed by atoms with E-state index in [1.165, 1.54) is 6.07 Å². The Bertz CT molecular complexity index is 2310. The van der Waals surface area contributed by atoms with Gasteiger partial charge in [-0.15, -0.1) is 0 Å². The molecule has 9 heteroatoms. The first-order valence-corrected chi connectivity index (χ1v) is 15.5. The number of aromatic carboxylic acids is 1. The third kappa shape index (κ3) is 4.20. The van der Waals surface area contributed by atoms with Gasteiger partial charge in [0.15, 0.2) is 12.8 Å². The van der Waals surface area contributed by atoms with Crippen LogP contribution in [0.2, 0.25) is 10.0 Å². The van der Waals surface area contributed by atoms with Crippen molar-refractivity contribution in [2.45, 2.75) is 19.4 Å². The van der Waals surface area contributed by atoms with Gasteiger partial charge >= 0.3 is 5.97 Å². The van der Waals surface area contributed by atoms with Gasteiger partial charge in [0.25, 0.3) is 0 Å². The lowest BCUT2D eigenvalue weighted by molar-refractivity contribution is -0.0424. The van der Waals surface area contributed by atoms with E-state index in [2.05, 4.69) is 33.7 Å². The van der Waals surface area contributed by atoms with Crippen LogP contribution in [0.5, 0.6) is 11.5 Å². The molecule has 8 rings (SSSR count). The lowest BCUT2D eigenvalue weighted by Crippen LogP contribution is -2.34. The van der Waals surface area contributed by atoms with E-state index in [4.69, 9.17) is 27.9 Å². The molecular formula is C37H27Cl2N2O5+. The predicted octanol–water partition coefficient (Wildman–Crippen LogP) is 5.95. The Morgan fingerprint density at radius 3 is 2.28 bits per heavy atom. The summed E-state index contributed by atoms with van der Waals surface area (Å²) in [5, 5.41) is 32.4. The SMILES string of the molecule is CN1Cc2ccccc2-c2cc3c(cc21)Oc1cc2c(cc1=C3c1c(Cl)c(C(O)O)cc(Cl)c1C(=O)O)-c1ccccc1C[N+]=2C. The van der Waals surface area contributed by atoms with Gasteiger partial charge in [0.05, 0.1) is 27.2 Å². The number of aliphatic hydroxyl groups excluding tert-OH is 1. The molecule has 0 spiro atoms. The number of benzene rings is 5. The summed E-state index contributed by atoms with van der Waals surface area (Å²) in [6.07, 6.45) is -1.99. The molecule has 3 aliphatic rings. The maximum Gasteiger partial charge on any atom is 0.337 e. The standard InChI is InChI=1S/C37H26Cl2N2O5/c1-40-16-18-7-3-5-9-20(18)22-11-24-30(14-28(22)40)46-31-15-29-23(21-10-6-4-8-19(21)17-41(29)2)12-25(31)32(24)34-33(37(44)45)27(38)13-26(35(34)39)36(42)43/h3-15,36,42-43H,16-17H2,1-2H3/p+1. The highest BCUT2D eigenvalue weighted by atomic mass is 35.5. The van der Waals surface area contributed by atoms with Crippen molar-refractivity contribution in [3.63, 3.8) is 0 Å². The molecule has 0 saturated heterocycles. The summed E-state index contributed by atoms with van der Waals surface area (Å²) >= 11 is 13.6. The predicted molar refractivity (Wildman–Crippen MR) is 178 cm³/mol. The number of ether oxygens (including phenoxy) is 1. The first-order chi connectivity index (χ1) is 22.1. The van der Waals surface area contributed by atoms with E-state index in [1.807, 2.05) is 62.6 Å². The van der Waals surface area contributed by atoms with Crippen molar-refractivity contribution in [3.8, 4) is 33.8 Å². The highest BCUT2D eigenvalue weighted by molar-refractivity contribution is 6.38. The van der Waals surface area contributed by atoms with Crippen molar-refractivity contribution >= 4 is 40.4 Å². The molecule has 5 aromatic carbocycles. The average molecular weight is 651 g/mol. The van der Waals surface area contributed by atoms with Crippen LogP contribution in [0, 0.1) is 0 Å². The number of hydrogen-bond acceptors (Lipinski definition) is 5. The lowest BCUT2D eigenvalue weighted by Gasteiger charge is -2.32. The molecule has 0 aliphatic carbocycles. The van der Waals surface area contributed by atoms with Crippen LogP contribution in [0.15, 0.2) is 78.9 Å². The van der Waals surface area contributed by atoms with E-state index in [0.29, 0.717) is 40.9 Å². The van der Waals surface area contributed by atoms with Crippen LogP contribution in [-0.2, 0) is 13.1 Å². The molecule has 0 saturated carbocycles. The third-order valence-corrected chi connectivity index (χ3v) is 9.90. The van der Waals surface area contributed by atoms with Crippen LogP contribution in [0.4, 0.5) is 5.69 Å². The lowest BCUT2D eigenvalue weighted by atomic mass is 9.84. The maximum atomic E-state index is 12.9. The minimum atomic E-state index is -1.99. The first kappa shape index (κ1) is 28.8. The summed E-state index contributed by atoms with van der Waals surface area (Å²) in [5.74, 6) is -0.261. The Balaban J connectivity index is 1.57. The molecule has 0 unspecified atom stereocenters. The number of carboxylic acids is 1. The molecule has 7 nitrogen and oxygen atoms in total. The zero-order chi connectivity index (χ0) is 32.0. The average Bonchev–Trinajstić information content (AvgIpc) is 3.03. The van der Waals surface area contributed by atoms with Crippen molar-refractivity contribution in [2.75, 3.05) is 19.0 Å². The van der Waals surface area contributed by atoms with Gasteiger partial charge in [-0.05, 0) is 34.9 Å². The fourth-order valence-corrected chi connectivity index (χ4v) is 7.73. The largest absolute Gasteiger partial charge is 0.478 e. The van der Waals surface area contributed by atoms with Gasteiger partial charge in [-0.25, -0.2) is 9.37 Å². The number of anilines is 1. The zero-order valence-corrected chi connectivity index (χ0v) is 26.3. The molecular weight excluding hydrogens is 623 g/mol. The second kappa shape index (κ2) is 10.4. The fraction of sp³-hybridized carbons (Fsp3) is 0.135. The molecule has 5 aromatic rings. The van der Waals surface area contributed by atoms with Gasteiger partial charge in [-0.3, -0.25) is 0 Å². The van der Waals surface area contributed by atoms with Gasteiger partial charge < -0.3 is 25.0 Å². The summed E-state index contributed by atoms with van der Waals surface area (Å²) in [6, 6.07) is 25.5. The van der Waals surface area contributed by atoms with E-state index in [9.17, 15) is 20.1 Å². The molecule has 0 aromatic heterocycles. The van der Waals surface area contributed by atoms with Crippen LogP contribution < -0.4 is 24.8 Å². The van der Waals surface area contributed by atoms with Crippen molar-refractivity contribution in [3.05, 3.63) is 133 Å². The van der Waals surface area contributed by atoms with Crippen molar-refractivity contribution in [1.29, 1.82) is 0 Å². The van der Waals surface area contributed by atoms with Gasteiger partial charge in [-0.2, -0.15) is 0 Å². The number of carboxylic acid groups (broad SMARTS) is 1. The molecule has 0 radical (unpaired) electrons. The van der Waals surface area contributed by atoms with Crippen LogP contribution in [0.25, 0.3) is 27.8 Å². The van der Waals surface area contributed by atoms with E-state index in [-0.39, 0.29) is 26.7 Å². The number of aliphatic hydroxyl groups is 2. The number of nitrogens with zero attached hydrogens (tertiary/aromatic N) is 2. The first-order valence-electron chi connectivity index (χ1n) is 14.7. The smallest absolute Gasteiger partial charge is 0.337 e. The summed E-state index contributed by atoms with van der Waals surface area (Å²) in [7, 11) is 4.05. The molecule has 3 aliphatic heterocycles. The molecule has 228 valence electrons. The van der Waals surface area contributed by atoms with Crippen molar-refractivity contribution in [2.24, 2.45) is 0 Å². The minimum Gasteiger partial charge on any atom is -0.478 e. The Morgan fingerprint density at radius 2 is 1.57 bits per heavy atom. The summed E-state index contributed by atoms with van der Waals surface area (Å²) in [5.41, 5.74) is 8.14. The number of rotatable bonds is 3. The molecule has 0 amide bonds. The van der Waals surface area contributed by atoms with E-state index >= 15 is 0 Å². The van der Waals surface area contributed by atoms with E-state index in [1.54, 1.807) is 0 Å².